The van der Waals surface area contributed by atoms with Crippen molar-refractivity contribution < 1.29 is 18.6 Å². The number of para-hydroxylation sites is 1. The molecule has 0 unspecified atom stereocenters. The summed E-state index contributed by atoms with van der Waals surface area (Å²) in [5.41, 5.74) is 0.359. The van der Waals surface area contributed by atoms with E-state index in [1.807, 2.05) is 13.8 Å². The average molecular weight is 204 g/mol. The molecule has 0 saturated carbocycles. The molecule has 0 spiro atoms. The lowest BCUT2D eigenvalue weighted by Crippen LogP contribution is -2.04. The van der Waals surface area contributed by atoms with E-state index in [-0.39, 0.29) is 12.4 Å². The molecule has 0 heterocycles. The summed E-state index contributed by atoms with van der Waals surface area (Å²) in [4.78, 5) is 0. The number of hydrogen-bond acceptors (Lipinski definition) is 2. The molecule has 0 aliphatic heterocycles. The molecule has 0 aliphatic rings. The Labute approximate surface area is 82.1 Å². The molecule has 14 heavy (non-hydrogen) atoms. The van der Waals surface area contributed by atoms with Crippen molar-refractivity contribution in [3.8, 4) is 5.75 Å². The van der Waals surface area contributed by atoms with Gasteiger partial charge in [-0.05, 0) is 6.07 Å². The smallest absolute Gasteiger partial charge is 0.387 e. The van der Waals surface area contributed by atoms with Crippen LogP contribution in [0.2, 0.25) is 0 Å². The fourth-order valence-electron chi connectivity index (χ4n) is 0.845. The maximum Gasteiger partial charge on any atom is 0.387 e. The molecule has 0 aromatic heterocycles. The number of ether oxygens (including phenoxy) is 1. The molecule has 1 aromatic rings. The number of aliphatic hydroxyl groups is 1. The first-order valence-corrected chi connectivity index (χ1v) is 4.37. The molecular formula is C10H14F2O2. The molecule has 0 bridgehead atoms. The van der Waals surface area contributed by atoms with Crippen molar-refractivity contribution in [3.05, 3.63) is 29.8 Å². The van der Waals surface area contributed by atoms with Gasteiger partial charge in [0.05, 0.1) is 6.61 Å². The lowest BCUT2D eigenvalue weighted by molar-refractivity contribution is -0.0509. The van der Waals surface area contributed by atoms with Gasteiger partial charge in [0.2, 0.25) is 0 Å². The monoisotopic (exact) mass is 204 g/mol. The topological polar surface area (TPSA) is 29.5 Å². The molecule has 0 saturated heterocycles. The third kappa shape index (κ3) is 4.18. The van der Waals surface area contributed by atoms with Gasteiger partial charge in [0.15, 0.2) is 0 Å². The minimum Gasteiger partial charge on any atom is -0.434 e. The second-order valence-corrected chi connectivity index (χ2v) is 2.14. The van der Waals surface area contributed by atoms with Gasteiger partial charge >= 0.3 is 6.61 Å². The van der Waals surface area contributed by atoms with Gasteiger partial charge in [-0.1, -0.05) is 32.0 Å². The van der Waals surface area contributed by atoms with Crippen LogP contribution >= 0.6 is 0 Å². The standard InChI is InChI=1S/C8H8F2O2.C2H6/c9-8(10)12-7-4-2-1-3-6(7)5-11;1-2/h1-4,8,11H,5H2;1-2H3. The van der Waals surface area contributed by atoms with E-state index in [1.165, 1.54) is 12.1 Å². The SMILES string of the molecule is CC.OCc1ccccc1OC(F)F. The quantitative estimate of drug-likeness (QED) is 0.820. The third-order valence-corrected chi connectivity index (χ3v) is 1.36. The number of halogens is 2. The van der Waals surface area contributed by atoms with Crippen LogP contribution < -0.4 is 4.74 Å². The summed E-state index contributed by atoms with van der Waals surface area (Å²) < 4.78 is 27.6. The van der Waals surface area contributed by atoms with E-state index in [0.29, 0.717) is 5.56 Å². The molecule has 1 rings (SSSR count). The summed E-state index contributed by atoms with van der Waals surface area (Å²) in [6.07, 6.45) is 0. The normalized spacial score (nSPS) is 9.29. The highest BCUT2D eigenvalue weighted by Gasteiger charge is 2.07. The fraction of sp³-hybridized carbons (Fsp3) is 0.400. The molecule has 1 aromatic carbocycles. The van der Waals surface area contributed by atoms with E-state index in [4.69, 9.17) is 5.11 Å². The molecule has 0 atom stereocenters. The van der Waals surface area contributed by atoms with E-state index in [1.54, 1.807) is 12.1 Å². The Kier molecular flexibility index (Phi) is 6.66. The highest BCUT2D eigenvalue weighted by atomic mass is 19.3. The minimum absolute atomic E-state index is 0.0231. The summed E-state index contributed by atoms with van der Waals surface area (Å²) in [5.74, 6) is 0.0231. The first-order valence-electron chi connectivity index (χ1n) is 4.37. The Morgan fingerprint density at radius 1 is 1.29 bits per heavy atom. The van der Waals surface area contributed by atoms with Crippen LogP contribution in [0.15, 0.2) is 24.3 Å². The molecule has 80 valence electrons. The highest BCUT2D eigenvalue weighted by Crippen LogP contribution is 2.19. The fourth-order valence-corrected chi connectivity index (χ4v) is 0.845. The Morgan fingerprint density at radius 3 is 2.36 bits per heavy atom. The summed E-state index contributed by atoms with van der Waals surface area (Å²) in [6.45, 7) is 0.848. The van der Waals surface area contributed by atoms with E-state index >= 15 is 0 Å². The maximum atomic E-state index is 11.7. The zero-order valence-electron chi connectivity index (χ0n) is 8.21. The molecule has 0 aliphatic carbocycles. The Hall–Kier alpha value is -1.16. The first kappa shape index (κ1) is 12.8. The van der Waals surface area contributed by atoms with Gasteiger partial charge < -0.3 is 9.84 Å². The predicted molar refractivity (Wildman–Crippen MR) is 50.3 cm³/mol. The van der Waals surface area contributed by atoms with E-state index in [0.717, 1.165) is 0 Å². The largest absolute Gasteiger partial charge is 0.434 e. The molecule has 4 heteroatoms. The maximum absolute atomic E-state index is 11.7. The lowest BCUT2D eigenvalue weighted by Gasteiger charge is -2.07. The molecule has 0 amide bonds. The van der Waals surface area contributed by atoms with Crippen LogP contribution in [0.4, 0.5) is 8.78 Å². The van der Waals surface area contributed by atoms with E-state index < -0.39 is 6.61 Å². The predicted octanol–water partition coefficient (Wildman–Crippen LogP) is 2.81. The molecule has 0 fully saturated rings. The number of hydrogen-bond donors (Lipinski definition) is 1. The van der Waals surface area contributed by atoms with Crippen LogP contribution in [0, 0.1) is 0 Å². The molecule has 2 nitrogen and oxygen atoms in total. The third-order valence-electron chi connectivity index (χ3n) is 1.36. The van der Waals surface area contributed by atoms with Crippen LogP contribution in [0.25, 0.3) is 0 Å². The van der Waals surface area contributed by atoms with Crippen molar-refractivity contribution >= 4 is 0 Å². The van der Waals surface area contributed by atoms with Crippen LogP contribution in [-0.2, 0) is 6.61 Å². The molecule has 1 N–H and O–H groups in total. The summed E-state index contributed by atoms with van der Waals surface area (Å²) >= 11 is 0. The molecule has 0 radical (unpaired) electrons. The number of benzene rings is 1. The average Bonchev–Trinajstić information content (AvgIpc) is 2.21. The number of aliphatic hydroxyl groups excluding tert-OH is 1. The lowest BCUT2D eigenvalue weighted by atomic mass is 10.2. The second-order valence-electron chi connectivity index (χ2n) is 2.14. The minimum atomic E-state index is -2.85. The van der Waals surface area contributed by atoms with Crippen molar-refractivity contribution in [2.24, 2.45) is 0 Å². The Morgan fingerprint density at radius 2 is 1.86 bits per heavy atom. The Balaban J connectivity index is 0.000000791. The van der Waals surface area contributed by atoms with Crippen molar-refractivity contribution in [1.82, 2.24) is 0 Å². The Bertz CT molecular complexity index is 252. The van der Waals surface area contributed by atoms with Crippen molar-refractivity contribution in [3.63, 3.8) is 0 Å². The number of alkyl halides is 2. The molecular weight excluding hydrogens is 190 g/mol. The number of rotatable bonds is 3. The van der Waals surface area contributed by atoms with Crippen LogP contribution in [-0.4, -0.2) is 11.7 Å². The van der Waals surface area contributed by atoms with Gasteiger partial charge in [0.25, 0.3) is 0 Å². The summed E-state index contributed by atoms with van der Waals surface area (Å²) in [7, 11) is 0. The zero-order valence-corrected chi connectivity index (χ0v) is 8.21. The van der Waals surface area contributed by atoms with Crippen molar-refractivity contribution in [2.75, 3.05) is 0 Å². The summed E-state index contributed by atoms with van der Waals surface area (Å²) in [5, 5.41) is 8.71. The van der Waals surface area contributed by atoms with Gasteiger partial charge in [-0.3, -0.25) is 0 Å². The van der Waals surface area contributed by atoms with Crippen LogP contribution in [0.3, 0.4) is 0 Å². The summed E-state index contributed by atoms with van der Waals surface area (Å²) in [6, 6.07) is 6.12. The van der Waals surface area contributed by atoms with Crippen molar-refractivity contribution in [2.45, 2.75) is 27.1 Å². The van der Waals surface area contributed by atoms with Gasteiger partial charge in [-0.15, -0.1) is 0 Å². The van der Waals surface area contributed by atoms with E-state index in [2.05, 4.69) is 4.74 Å². The van der Waals surface area contributed by atoms with Crippen LogP contribution in [0.1, 0.15) is 19.4 Å². The van der Waals surface area contributed by atoms with Gasteiger partial charge in [-0.2, -0.15) is 8.78 Å². The van der Waals surface area contributed by atoms with Crippen molar-refractivity contribution in [1.29, 1.82) is 0 Å². The van der Waals surface area contributed by atoms with E-state index in [9.17, 15) is 8.78 Å². The van der Waals surface area contributed by atoms with Gasteiger partial charge in [0, 0.05) is 5.56 Å². The first-order chi connectivity index (χ1) is 6.74. The highest BCUT2D eigenvalue weighted by molar-refractivity contribution is 5.32. The van der Waals surface area contributed by atoms with Gasteiger partial charge in [0.1, 0.15) is 5.75 Å². The van der Waals surface area contributed by atoms with Crippen LogP contribution in [0.5, 0.6) is 5.75 Å². The van der Waals surface area contributed by atoms with Gasteiger partial charge in [-0.25, -0.2) is 0 Å². The zero-order chi connectivity index (χ0) is 11.0. The second kappa shape index (κ2) is 7.26.